The molecule has 0 heterocycles. The van der Waals surface area contributed by atoms with Gasteiger partial charge in [0.25, 0.3) is 0 Å². The fourth-order valence-corrected chi connectivity index (χ4v) is 2.27. The Morgan fingerprint density at radius 1 is 1.29 bits per heavy atom. The summed E-state index contributed by atoms with van der Waals surface area (Å²) in [4.78, 5) is 2.20. The maximum atomic E-state index is 13.3. The molecule has 1 aromatic carbocycles. The van der Waals surface area contributed by atoms with Gasteiger partial charge < -0.3 is 4.90 Å². The summed E-state index contributed by atoms with van der Waals surface area (Å²) < 4.78 is 13.9. The van der Waals surface area contributed by atoms with Crippen LogP contribution >= 0.6 is 27.5 Å². The van der Waals surface area contributed by atoms with Gasteiger partial charge in [0.05, 0.1) is 4.47 Å². The molecule has 1 aromatic rings. The first-order chi connectivity index (χ1) is 8.15. The van der Waals surface area contributed by atoms with Crippen LogP contribution in [0.5, 0.6) is 0 Å². The molecule has 1 rings (SSSR count). The molecule has 0 aromatic heterocycles. The molecule has 0 bridgehead atoms. The Morgan fingerprint density at radius 3 is 2.76 bits per heavy atom. The number of unbranched alkanes of at least 4 members (excludes halogenated alkanes) is 2. The summed E-state index contributed by atoms with van der Waals surface area (Å²) in [6.45, 7) is 1.78. The van der Waals surface area contributed by atoms with Crippen LogP contribution < -0.4 is 0 Å². The molecule has 0 unspecified atom stereocenters. The first kappa shape index (κ1) is 14.9. The zero-order valence-corrected chi connectivity index (χ0v) is 12.4. The summed E-state index contributed by atoms with van der Waals surface area (Å²) in [6, 6.07) is 5.16. The van der Waals surface area contributed by atoms with E-state index in [4.69, 9.17) is 11.6 Å². The van der Waals surface area contributed by atoms with E-state index in [0.717, 1.165) is 43.8 Å². The molecule has 0 saturated heterocycles. The smallest absolute Gasteiger partial charge is 0.137 e. The second-order valence-electron chi connectivity index (χ2n) is 4.20. The molecule has 0 aliphatic carbocycles. The molecule has 0 N–H and O–H groups in total. The van der Waals surface area contributed by atoms with Gasteiger partial charge in [-0.15, -0.1) is 11.6 Å². The fraction of sp³-hybridized carbons (Fsp3) is 0.538. The number of rotatable bonds is 7. The minimum absolute atomic E-state index is 0.196. The lowest BCUT2D eigenvalue weighted by Crippen LogP contribution is -2.19. The third kappa shape index (κ3) is 5.36. The number of alkyl halides is 1. The van der Waals surface area contributed by atoms with E-state index in [1.54, 1.807) is 6.07 Å². The predicted molar refractivity (Wildman–Crippen MR) is 75.0 cm³/mol. The van der Waals surface area contributed by atoms with E-state index in [-0.39, 0.29) is 5.82 Å². The Hall–Kier alpha value is -0.120. The van der Waals surface area contributed by atoms with Crippen LogP contribution in [0.25, 0.3) is 0 Å². The standard InChI is InChI=1S/C13H18BrClFN/c1-17(9-4-2-3-8-15)10-11-6-5-7-12(16)13(11)14/h5-7H,2-4,8-10H2,1H3. The van der Waals surface area contributed by atoms with E-state index in [1.807, 2.05) is 6.07 Å². The maximum absolute atomic E-state index is 13.3. The van der Waals surface area contributed by atoms with E-state index in [2.05, 4.69) is 27.9 Å². The molecule has 0 saturated carbocycles. The molecule has 0 aliphatic rings. The van der Waals surface area contributed by atoms with Crippen LogP contribution in [-0.4, -0.2) is 24.4 Å². The van der Waals surface area contributed by atoms with Gasteiger partial charge in [-0.25, -0.2) is 4.39 Å². The topological polar surface area (TPSA) is 3.24 Å². The molecule has 0 aliphatic heterocycles. The highest BCUT2D eigenvalue weighted by Gasteiger charge is 2.07. The number of hydrogen-bond donors (Lipinski definition) is 0. The number of hydrogen-bond acceptors (Lipinski definition) is 1. The van der Waals surface area contributed by atoms with Crippen molar-refractivity contribution >= 4 is 27.5 Å². The average Bonchev–Trinajstić information content (AvgIpc) is 2.31. The van der Waals surface area contributed by atoms with E-state index in [9.17, 15) is 4.39 Å². The monoisotopic (exact) mass is 321 g/mol. The molecule has 0 fully saturated rings. The van der Waals surface area contributed by atoms with Crippen LogP contribution in [0.15, 0.2) is 22.7 Å². The van der Waals surface area contributed by atoms with E-state index < -0.39 is 0 Å². The van der Waals surface area contributed by atoms with Crippen molar-refractivity contribution in [3.05, 3.63) is 34.1 Å². The van der Waals surface area contributed by atoms with Gasteiger partial charge in [-0.2, -0.15) is 0 Å². The van der Waals surface area contributed by atoms with Gasteiger partial charge in [-0.3, -0.25) is 0 Å². The summed E-state index contributed by atoms with van der Waals surface area (Å²) in [5.41, 5.74) is 0.991. The quantitative estimate of drug-likeness (QED) is 0.530. The van der Waals surface area contributed by atoms with Gasteiger partial charge in [0.2, 0.25) is 0 Å². The second kappa shape index (κ2) is 8.06. The van der Waals surface area contributed by atoms with E-state index in [0.29, 0.717) is 4.47 Å². The van der Waals surface area contributed by atoms with Crippen molar-refractivity contribution in [2.24, 2.45) is 0 Å². The molecule has 0 atom stereocenters. The molecule has 96 valence electrons. The normalized spacial score (nSPS) is 11.1. The molecule has 17 heavy (non-hydrogen) atoms. The molecular weight excluding hydrogens is 305 g/mol. The third-order valence-electron chi connectivity index (χ3n) is 2.65. The van der Waals surface area contributed by atoms with Crippen LogP contribution in [0.4, 0.5) is 4.39 Å². The van der Waals surface area contributed by atoms with Gasteiger partial charge >= 0.3 is 0 Å². The van der Waals surface area contributed by atoms with Crippen LogP contribution in [0.2, 0.25) is 0 Å². The summed E-state index contributed by atoms with van der Waals surface area (Å²) >= 11 is 8.91. The molecular formula is C13H18BrClFN. The highest BCUT2D eigenvalue weighted by molar-refractivity contribution is 9.10. The Kier molecular flexibility index (Phi) is 7.09. The Balaban J connectivity index is 2.39. The van der Waals surface area contributed by atoms with Crippen molar-refractivity contribution in [1.82, 2.24) is 4.90 Å². The second-order valence-corrected chi connectivity index (χ2v) is 5.37. The summed E-state index contributed by atoms with van der Waals surface area (Å²) in [5, 5.41) is 0. The maximum Gasteiger partial charge on any atom is 0.137 e. The highest BCUT2D eigenvalue weighted by Crippen LogP contribution is 2.21. The number of benzene rings is 1. The summed E-state index contributed by atoms with van der Waals surface area (Å²) in [7, 11) is 2.05. The van der Waals surface area contributed by atoms with Crippen molar-refractivity contribution in [2.45, 2.75) is 25.8 Å². The average molecular weight is 323 g/mol. The van der Waals surface area contributed by atoms with Crippen molar-refractivity contribution in [1.29, 1.82) is 0 Å². The van der Waals surface area contributed by atoms with Crippen LogP contribution in [0.3, 0.4) is 0 Å². The van der Waals surface area contributed by atoms with E-state index >= 15 is 0 Å². The van der Waals surface area contributed by atoms with Crippen LogP contribution in [-0.2, 0) is 6.54 Å². The molecule has 0 radical (unpaired) electrons. The summed E-state index contributed by atoms with van der Waals surface area (Å²) in [5.74, 6) is 0.539. The molecule has 4 heteroatoms. The number of halogens is 3. The predicted octanol–water partition coefficient (Wildman–Crippen LogP) is 4.43. The lowest BCUT2D eigenvalue weighted by Gasteiger charge is -2.17. The van der Waals surface area contributed by atoms with Crippen LogP contribution in [0, 0.1) is 5.82 Å². The molecule has 0 spiro atoms. The minimum Gasteiger partial charge on any atom is -0.302 e. The van der Waals surface area contributed by atoms with Gasteiger partial charge in [-0.05, 0) is 54.0 Å². The van der Waals surface area contributed by atoms with Crippen LogP contribution in [0.1, 0.15) is 24.8 Å². The zero-order chi connectivity index (χ0) is 12.7. The largest absolute Gasteiger partial charge is 0.302 e. The lowest BCUT2D eigenvalue weighted by atomic mass is 10.2. The SMILES string of the molecule is CN(CCCCCCl)Cc1cccc(F)c1Br. The van der Waals surface area contributed by atoms with Gasteiger partial charge in [-0.1, -0.05) is 18.6 Å². The van der Waals surface area contributed by atoms with Crippen molar-refractivity contribution in [2.75, 3.05) is 19.5 Å². The lowest BCUT2D eigenvalue weighted by molar-refractivity contribution is 0.317. The molecule has 1 nitrogen and oxygen atoms in total. The van der Waals surface area contributed by atoms with Crippen molar-refractivity contribution < 1.29 is 4.39 Å². The summed E-state index contributed by atoms with van der Waals surface area (Å²) in [6.07, 6.45) is 3.35. The van der Waals surface area contributed by atoms with Gasteiger partial charge in [0.1, 0.15) is 5.82 Å². The molecule has 0 amide bonds. The van der Waals surface area contributed by atoms with Gasteiger partial charge in [0, 0.05) is 12.4 Å². The Bertz CT molecular complexity index is 346. The van der Waals surface area contributed by atoms with E-state index in [1.165, 1.54) is 6.07 Å². The first-order valence-electron chi connectivity index (χ1n) is 5.82. The Morgan fingerprint density at radius 2 is 2.06 bits per heavy atom. The zero-order valence-electron chi connectivity index (χ0n) is 10.1. The van der Waals surface area contributed by atoms with Gasteiger partial charge in [0.15, 0.2) is 0 Å². The number of nitrogens with zero attached hydrogens (tertiary/aromatic N) is 1. The van der Waals surface area contributed by atoms with Crippen molar-refractivity contribution in [3.8, 4) is 0 Å². The third-order valence-corrected chi connectivity index (χ3v) is 3.80. The van der Waals surface area contributed by atoms with Crippen molar-refractivity contribution in [3.63, 3.8) is 0 Å². The fourth-order valence-electron chi connectivity index (χ4n) is 1.69. The minimum atomic E-state index is -0.196. The Labute approximate surface area is 116 Å². The highest BCUT2D eigenvalue weighted by atomic mass is 79.9. The first-order valence-corrected chi connectivity index (χ1v) is 7.15.